The van der Waals surface area contributed by atoms with Gasteiger partial charge in [-0.3, -0.25) is 7.32 Å². The zero-order valence-electron chi connectivity index (χ0n) is 7.57. The van der Waals surface area contributed by atoms with Crippen LogP contribution in [0, 0.1) is 0 Å². The van der Waals surface area contributed by atoms with E-state index in [1.165, 1.54) is 0 Å². The first-order valence-electron chi connectivity index (χ1n) is 1.34. The molecule has 0 aliphatic rings. The molecule has 1 N–H and O–H groups in total. The van der Waals surface area contributed by atoms with Gasteiger partial charge in [-0.1, -0.05) is 0 Å². The summed E-state index contributed by atoms with van der Waals surface area (Å²) in [5, 5.41) is 40.6. The predicted molar refractivity (Wildman–Crippen MR) is 13.8 cm³/mol. The summed E-state index contributed by atoms with van der Waals surface area (Å²) in [5.74, 6) is 0. The van der Waals surface area contributed by atoms with Crippen molar-refractivity contribution < 1.29 is 148 Å². The second-order valence-corrected chi connectivity index (χ2v) is 0.555. The zero-order chi connectivity index (χ0) is 7.15. The Labute approximate surface area is 158 Å². The van der Waals surface area contributed by atoms with Crippen molar-refractivity contribution >= 4 is 13.5 Å². The van der Waals surface area contributed by atoms with Crippen LogP contribution in [0.15, 0.2) is 0 Å². The average molecular weight is 212 g/mol. The molecule has 6 nitrogen and oxygen atoms in total. The molecule has 0 aliphatic heterocycles. The van der Waals surface area contributed by atoms with E-state index < -0.39 is 13.5 Å². The Hall–Kier alpha value is 3.21. The Morgan fingerprint density at radius 2 is 1.00 bits per heavy atom. The van der Waals surface area contributed by atoms with Gasteiger partial charge in [-0.25, -0.2) is 0 Å². The summed E-state index contributed by atoms with van der Waals surface area (Å²) in [7, 11) is -2.92. The maximum Gasteiger partial charge on any atom is 1.00 e. The summed E-state index contributed by atoms with van der Waals surface area (Å²) < 4.78 is 0. The Bertz CT molecular complexity index is 63.8. The van der Waals surface area contributed by atoms with Gasteiger partial charge >= 0.3 is 118 Å². The van der Waals surface area contributed by atoms with Crippen molar-refractivity contribution in [3.05, 3.63) is 0 Å². The summed E-state index contributed by atoms with van der Waals surface area (Å²) in [6, 6.07) is 0. The van der Waals surface area contributed by atoms with Crippen molar-refractivity contribution in [2.45, 2.75) is 0 Å². The maximum atomic E-state index is 8.44. The molecule has 11 heteroatoms. The van der Waals surface area contributed by atoms with Crippen molar-refractivity contribution in [1.82, 2.24) is 0 Å². The largest absolute Gasteiger partial charge is 1.00 e. The molecule has 0 amide bonds. The van der Waals surface area contributed by atoms with Crippen LogP contribution in [0.5, 0.6) is 0 Å². The van der Waals surface area contributed by atoms with Crippen LogP contribution in [0.1, 0.15) is 0 Å². The first-order valence-corrected chi connectivity index (χ1v) is 1.34. The minimum absolute atomic E-state index is 0. The SMILES string of the molecule is O=C([O-])O.[Na+].[Na+].[Na+].[Na+].[O-]B([O-])[O-]. The van der Waals surface area contributed by atoms with Crippen molar-refractivity contribution in [2.24, 2.45) is 0 Å². The minimum atomic E-state index is -2.92. The van der Waals surface area contributed by atoms with Gasteiger partial charge in [-0.15, -0.1) is 0 Å². The topological polar surface area (TPSA) is 130 Å². The summed E-state index contributed by atoms with van der Waals surface area (Å²) in [5.41, 5.74) is 0. The van der Waals surface area contributed by atoms with Crippen LogP contribution in [0.3, 0.4) is 0 Å². The zero-order valence-corrected chi connectivity index (χ0v) is 15.6. The third-order valence-corrected chi connectivity index (χ3v) is 0. The van der Waals surface area contributed by atoms with Gasteiger partial charge in [0.05, 0.1) is 0 Å². The fraction of sp³-hybridized carbons (Fsp3) is 0. The molecule has 0 unspecified atom stereocenters. The number of carboxylic acid groups (broad SMARTS) is 2. The maximum absolute atomic E-state index is 8.44. The number of hydrogen-bond acceptors (Lipinski definition) is 5. The molecule has 0 spiro atoms. The van der Waals surface area contributed by atoms with E-state index in [1.807, 2.05) is 0 Å². The smallest absolute Gasteiger partial charge is 0.907 e. The molecule has 0 bridgehead atoms. The average Bonchev–Trinajstić information content (AvgIpc) is 1.25. The van der Waals surface area contributed by atoms with Gasteiger partial charge in [0.15, 0.2) is 0 Å². The molecule has 0 radical (unpaired) electrons. The normalized spacial score (nSPS) is 4.25. The molecule has 0 aromatic carbocycles. The monoisotopic (exact) mass is 212 g/mol. The summed E-state index contributed by atoms with van der Waals surface area (Å²) >= 11 is 0. The van der Waals surface area contributed by atoms with Crippen LogP contribution >= 0.6 is 0 Å². The van der Waals surface area contributed by atoms with Gasteiger partial charge < -0.3 is 30.1 Å². The second kappa shape index (κ2) is 29.2. The van der Waals surface area contributed by atoms with E-state index in [0.29, 0.717) is 0 Å². The van der Waals surface area contributed by atoms with Gasteiger partial charge in [0, 0.05) is 0 Å². The third kappa shape index (κ3) is 191. The minimum Gasteiger partial charge on any atom is -0.907 e. The molecule has 0 fully saturated rings. The first kappa shape index (κ1) is 36.2. The van der Waals surface area contributed by atoms with Gasteiger partial charge in [0.2, 0.25) is 6.16 Å². The van der Waals surface area contributed by atoms with Crippen LogP contribution < -0.4 is 138 Å². The van der Waals surface area contributed by atoms with E-state index >= 15 is 0 Å². The molecular formula is CHBNa4O6. The number of carbonyl (C=O) groups is 1. The fourth-order valence-electron chi connectivity index (χ4n) is 0. The van der Waals surface area contributed by atoms with Crippen LogP contribution in [-0.2, 0) is 0 Å². The summed E-state index contributed by atoms with van der Waals surface area (Å²) in [4.78, 5) is 8.44. The van der Waals surface area contributed by atoms with Crippen molar-refractivity contribution in [3.8, 4) is 0 Å². The van der Waals surface area contributed by atoms with Crippen LogP contribution in [0.2, 0.25) is 0 Å². The summed E-state index contributed by atoms with van der Waals surface area (Å²) in [6.45, 7) is 0. The quantitative estimate of drug-likeness (QED) is 0.396. The van der Waals surface area contributed by atoms with Gasteiger partial charge in [0.25, 0.3) is 0 Å². The number of rotatable bonds is 0. The second-order valence-electron chi connectivity index (χ2n) is 0.555. The third-order valence-electron chi connectivity index (χ3n) is 0. The number of hydrogen-bond donors (Lipinski definition) is 1. The molecule has 0 saturated heterocycles. The molecule has 12 heavy (non-hydrogen) atoms. The molecule has 0 aromatic heterocycles. The molecule has 0 aliphatic carbocycles. The van der Waals surface area contributed by atoms with E-state index in [0.717, 1.165) is 0 Å². The van der Waals surface area contributed by atoms with Gasteiger partial charge in [-0.05, 0) is 0 Å². The van der Waals surface area contributed by atoms with E-state index in [1.54, 1.807) is 0 Å². The van der Waals surface area contributed by atoms with Crippen LogP contribution in [0.25, 0.3) is 0 Å². The van der Waals surface area contributed by atoms with Gasteiger partial charge in [-0.2, -0.15) is 0 Å². The Morgan fingerprint density at radius 3 is 1.00 bits per heavy atom. The van der Waals surface area contributed by atoms with E-state index in [2.05, 4.69) is 0 Å². The molecule has 0 atom stereocenters. The first-order chi connectivity index (χ1) is 3.46. The van der Waals surface area contributed by atoms with E-state index in [-0.39, 0.29) is 118 Å². The summed E-state index contributed by atoms with van der Waals surface area (Å²) in [6.07, 6.45) is -2.08. The molecule has 0 aromatic rings. The Kier molecular flexibility index (Phi) is 88.2. The van der Waals surface area contributed by atoms with E-state index in [4.69, 9.17) is 30.1 Å². The molecule has 0 heterocycles. The molecule has 48 valence electrons. The Morgan fingerprint density at radius 1 is 1.00 bits per heavy atom. The van der Waals surface area contributed by atoms with Crippen molar-refractivity contribution in [3.63, 3.8) is 0 Å². The van der Waals surface area contributed by atoms with Gasteiger partial charge in [0.1, 0.15) is 0 Å². The van der Waals surface area contributed by atoms with Crippen molar-refractivity contribution in [2.75, 3.05) is 0 Å². The predicted octanol–water partition coefficient (Wildman–Crippen LogP) is -17.0. The Balaban J connectivity index is -0.0000000112. The van der Waals surface area contributed by atoms with Crippen LogP contribution in [-0.4, -0.2) is 18.6 Å². The van der Waals surface area contributed by atoms with E-state index in [9.17, 15) is 0 Å². The molecule has 0 rings (SSSR count). The fourth-order valence-corrected chi connectivity index (χ4v) is 0. The van der Waals surface area contributed by atoms with Crippen molar-refractivity contribution in [1.29, 1.82) is 0 Å². The van der Waals surface area contributed by atoms with Crippen LogP contribution in [0.4, 0.5) is 4.79 Å². The molecular weight excluding hydrogens is 211 g/mol. The standard InChI is InChI=1S/CH2O3.BO3.4Na/c2*2-1(3)4;;;;/h(H2,2,3,4);;;;;/q;-3;4*+1/p-1. The molecule has 0 saturated carbocycles.